The lowest BCUT2D eigenvalue weighted by Gasteiger charge is -2.30. The van der Waals surface area contributed by atoms with Crippen LogP contribution in [0.4, 0.5) is 0 Å². The molecule has 5 heteroatoms. The van der Waals surface area contributed by atoms with E-state index in [1.807, 2.05) is 0 Å². The largest absolute Gasteiger partial charge is 0.494 e. The second-order valence-electron chi connectivity index (χ2n) is 6.09. The predicted octanol–water partition coefficient (Wildman–Crippen LogP) is 2.30. The molecule has 1 heterocycles. The van der Waals surface area contributed by atoms with Crippen molar-refractivity contribution in [2.24, 2.45) is 0 Å². The Kier molecular flexibility index (Phi) is 6.59. The van der Waals surface area contributed by atoms with Crippen molar-refractivity contribution in [2.75, 3.05) is 13.2 Å². The molecule has 0 saturated carbocycles. The molecule has 1 aliphatic heterocycles. The highest BCUT2D eigenvalue weighted by Gasteiger charge is 2.21. The van der Waals surface area contributed by atoms with E-state index in [0.717, 1.165) is 25.1 Å². The lowest BCUT2D eigenvalue weighted by molar-refractivity contribution is -0.122. The second kappa shape index (κ2) is 8.67. The number of hydrogen-bond donors (Lipinski definition) is 2. The summed E-state index contributed by atoms with van der Waals surface area (Å²) >= 11 is 0. The number of ketones is 1. The molecule has 1 saturated heterocycles. The highest BCUT2D eigenvalue weighted by molar-refractivity contribution is 5.94. The van der Waals surface area contributed by atoms with Gasteiger partial charge in [0.25, 0.3) is 0 Å². The van der Waals surface area contributed by atoms with Gasteiger partial charge in [-0.1, -0.05) is 0 Å². The van der Waals surface area contributed by atoms with Crippen LogP contribution in [0.3, 0.4) is 0 Å². The zero-order valence-electron chi connectivity index (χ0n) is 13.9. The zero-order chi connectivity index (χ0) is 16.7. The van der Waals surface area contributed by atoms with E-state index in [2.05, 4.69) is 17.6 Å². The Morgan fingerprint density at radius 3 is 2.70 bits per heavy atom. The highest BCUT2D eigenvalue weighted by Crippen LogP contribution is 2.13. The van der Waals surface area contributed by atoms with Crippen LogP contribution in [-0.2, 0) is 4.79 Å². The first-order valence-electron chi connectivity index (χ1n) is 8.33. The van der Waals surface area contributed by atoms with E-state index in [4.69, 9.17) is 4.74 Å². The summed E-state index contributed by atoms with van der Waals surface area (Å²) in [5.74, 6) is 0.848. The van der Waals surface area contributed by atoms with E-state index >= 15 is 0 Å². The Morgan fingerprint density at radius 1 is 1.30 bits per heavy atom. The number of ether oxygens (including phenoxy) is 1. The number of hydrogen-bond acceptors (Lipinski definition) is 4. The summed E-state index contributed by atoms with van der Waals surface area (Å²) < 4.78 is 5.60. The van der Waals surface area contributed by atoms with Crippen LogP contribution in [0.5, 0.6) is 5.75 Å². The Bertz CT molecular complexity index is 528. The first-order chi connectivity index (χ1) is 11.1. The summed E-state index contributed by atoms with van der Waals surface area (Å²) in [5, 5.41) is 6.47. The maximum absolute atomic E-state index is 12.0. The van der Waals surface area contributed by atoms with Crippen molar-refractivity contribution in [3.63, 3.8) is 0 Å². The number of carbonyl (C=O) groups excluding carboxylic acids is 2. The average Bonchev–Trinajstić information content (AvgIpc) is 2.54. The van der Waals surface area contributed by atoms with Gasteiger partial charge in [0, 0.05) is 24.1 Å². The molecule has 126 valence electrons. The zero-order valence-corrected chi connectivity index (χ0v) is 13.9. The number of benzene rings is 1. The van der Waals surface area contributed by atoms with Gasteiger partial charge in [0.05, 0.1) is 6.61 Å². The summed E-state index contributed by atoms with van der Waals surface area (Å²) in [6, 6.07) is 7.64. The summed E-state index contributed by atoms with van der Waals surface area (Å²) in [7, 11) is 0. The van der Waals surface area contributed by atoms with Gasteiger partial charge in [-0.05, 0) is 63.9 Å². The minimum Gasteiger partial charge on any atom is -0.494 e. The molecule has 1 fully saturated rings. The Balaban J connectivity index is 1.64. The van der Waals surface area contributed by atoms with Crippen LogP contribution in [0.25, 0.3) is 0 Å². The maximum atomic E-state index is 12.0. The van der Waals surface area contributed by atoms with Gasteiger partial charge in [-0.2, -0.15) is 0 Å². The van der Waals surface area contributed by atoms with Crippen LogP contribution in [0.15, 0.2) is 24.3 Å². The van der Waals surface area contributed by atoms with E-state index in [1.165, 1.54) is 6.92 Å². The van der Waals surface area contributed by atoms with Crippen molar-refractivity contribution in [1.29, 1.82) is 0 Å². The van der Waals surface area contributed by atoms with Crippen LogP contribution >= 0.6 is 0 Å². The number of carbonyl (C=O) groups is 2. The van der Waals surface area contributed by atoms with Crippen molar-refractivity contribution in [3.05, 3.63) is 29.8 Å². The standard InChI is InChI=1S/C18H26N2O3/c1-13-17(5-3-11-19-13)20-18(22)6-4-12-23-16-9-7-15(8-10-16)14(2)21/h7-10,13,17,19H,3-6,11-12H2,1-2H3,(H,20,22). The predicted molar refractivity (Wildman–Crippen MR) is 89.8 cm³/mol. The third-order valence-electron chi connectivity index (χ3n) is 4.19. The van der Waals surface area contributed by atoms with Gasteiger partial charge in [0.15, 0.2) is 5.78 Å². The maximum Gasteiger partial charge on any atom is 0.220 e. The summed E-state index contributed by atoms with van der Waals surface area (Å²) in [6.07, 6.45) is 3.29. The van der Waals surface area contributed by atoms with E-state index in [9.17, 15) is 9.59 Å². The molecule has 0 aromatic heterocycles. The van der Waals surface area contributed by atoms with Gasteiger partial charge in [0.1, 0.15) is 5.75 Å². The van der Waals surface area contributed by atoms with Crippen LogP contribution < -0.4 is 15.4 Å². The van der Waals surface area contributed by atoms with Crippen molar-refractivity contribution >= 4 is 11.7 Å². The molecule has 2 rings (SSSR count). The first kappa shape index (κ1) is 17.5. The number of amides is 1. The van der Waals surface area contributed by atoms with E-state index in [0.29, 0.717) is 31.1 Å². The summed E-state index contributed by atoms with van der Waals surface area (Å²) in [4.78, 5) is 23.1. The molecule has 1 aliphatic rings. The molecule has 1 aromatic rings. The quantitative estimate of drug-likeness (QED) is 0.598. The summed E-state index contributed by atoms with van der Waals surface area (Å²) in [5.41, 5.74) is 0.673. The lowest BCUT2D eigenvalue weighted by Crippen LogP contribution is -2.51. The molecule has 1 aromatic carbocycles. The average molecular weight is 318 g/mol. The van der Waals surface area contributed by atoms with Crippen molar-refractivity contribution in [1.82, 2.24) is 10.6 Å². The van der Waals surface area contributed by atoms with E-state index in [1.54, 1.807) is 24.3 Å². The third kappa shape index (κ3) is 5.67. The molecule has 1 amide bonds. The molecule has 2 unspecified atom stereocenters. The Morgan fingerprint density at radius 2 is 2.04 bits per heavy atom. The molecule has 0 spiro atoms. The van der Waals surface area contributed by atoms with Crippen LogP contribution in [0.2, 0.25) is 0 Å². The molecule has 5 nitrogen and oxygen atoms in total. The van der Waals surface area contributed by atoms with Crippen LogP contribution in [0, 0.1) is 0 Å². The lowest BCUT2D eigenvalue weighted by atomic mass is 10.00. The third-order valence-corrected chi connectivity index (χ3v) is 4.19. The highest BCUT2D eigenvalue weighted by atomic mass is 16.5. The van der Waals surface area contributed by atoms with Crippen LogP contribution in [0.1, 0.15) is 49.9 Å². The van der Waals surface area contributed by atoms with Gasteiger partial charge in [0.2, 0.25) is 5.91 Å². The first-order valence-corrected chi connectivity index (χ1v) is 8.33. The van der Waals surface area contributed by atoms with Gasteiger partial charge in [-0.25, -0.2) is 0 Å². The Hall–Kier alpha value is -1.88. The van der Waals surface area contributed by atoms with Gasteiger partial charge < -0.3 is 15.4 Å². The fraction of sp³-hybridized carbons (Fsp3) is 0.556. The smallest absolute Gasteiger partial charge is 0.220 e. The fourth-order valence-electron chi connectivity index (χ4n) is 2.73. The van der Waals surface area contributed by atoms with Crippen molar-refractivity contribution in [3.8, 4) is 5.75 Å². The van der Waals surface area contributed by atoms with E-state index in [-0.39, 0.29) is 17.7 Å². The molecular weight excluding hydrogens is 292 g/mol. The Labute approximate surface area is 137 Å². The van der Waals surface area contributed by atoms with Crippen LogP contribution in [-0.4, -0.2) is 36.9 Å². The molecular formula is C18H26N2O3. The molecule has 0 bridgehead atoms. The van der Waals surface area contributed by atoms with Crippen molar-refractivity contribution in [2.45, 2.75) is 51.6 Å². The summed E-state index contributed by atoms with van der Waals surface area (Å²) in [6.45, 7) is 5.17. The molecule has 2 atom stereocenters. The number of nitrogens with one attached hydrogen (secondary N) is 2. The fourth-order valence-corrected chi connectivity index (χ4v) is 2.73. The number of piperidine rings is 1. The van der Waals surface area contributed by atoms with Gasteiger partial charge >= 0.3 is 0 Å². The molecule has 0 aliphatic carbocycles. The normalized spacial score (nSPS) is 20.8. The van der Waals surface area contributed by atoms with Gasteiger partial charge in [-0.3, -0.25) is 9.59 Å². The minimum atomic E-state index is 0.0413. The number of rotatable bonds is 7. The van der Waals surface area contributed by atoms with Gasteiger partial charge in [-0.15, -0.1) is 0 Å². The topological polar surface area (TPSA) is 67.4 Å². The SMILES string of the molecule is CC(=O)c1ccc(OCCCC(=O)NC2CCCNC2C)cc1. The monoisotopic (exact) mass is 318 g/mol. The molecule has 0 radical (unpaired) electrons. The minimum absolute atomic E-state index is 0.0413. The second-order valence-corrected chi connectivity index (χ2v) is 6.09. The van der Waals surface area contributed by atoms with E-state index < -0.39 is 0 Å². The molecule has 2 N–H and O–H groups in total. The molecule has 23 heavy (non-hydrogen) atoms. The number of Topliss-reactive ketones (excluding diaryl/α,β-unsaturated/α-hetero) is 1. The van der Waals surface area contributed by atoms with Crippen molar-refractivity contribution < 1.29 is 14.3 Å².